The standard InChI is InChI=1S/C12H16N2O4S/c1-3-4-8(2)14-19(17,18)11-6-5-9(13)7-10(11)12(15)16/h3,5-8,14H,1,4,13H2,2H3,(H,15,16). The van der Waals surface area contributed by atoms with E-state index in [2.05, 4.69) is 11.3 Å². The molecule has 104 valence electrons. The monoisotopic (exact) mass is 284 g/mol. The van der Waals surface area contributed by atoms with Crippen LogP contribution in [-0.4, -0.2) is 25.5 Å². The van der Waals surface area contributed by atoms with E-state index in [4.69, 9.17) is 10.8 Å². The SMILES string of the molecule is C=CCC(C)NS(=O)(=O)c1ccc(N)cc1C(=O)O. The maximum Gasteiger partial charge on any atom is 0.337 e. The molecule has 0 saturated carbocycles. The molecule has 0 amide bonds. The van der Waals surface area contributed by atoms with Gasteiger partial charge in [-0.05, 0) is 31.5 Å². The number of carboxylic acids is 1. The summed E-state index contributed by atoms with van der Waals surface area (Å²) < 4.78 is 26.6. The minimum absolute atomic E-state index is 0.190. The maximum absolute atomic E-state index is 12.1. The number of nitrogens with one attached hydrogen (secondary N) is 1. The zero-order valence-corrected chi connectivity index (χ0v) is 11.3. The first-order valence-corrected chi connectivity index (χ1v) is 7.02. The number of anilines is 1. The largest absolute Gasteiger partial charge is 0.478 e. The number of rotatable bonds is 6. The molecule has 19 heavy (non-hydrogen) atoms. The molecule has 0 spiro atoms. The van der Waals surface area contributed by atoms with Gasteiger partial charge in [0.15, 0.2) is 0 Å². The number of nitrogen functional groups attached to an aromatic ring is 1. The lowest BCUT2D eigenvalue weighted by atomic mass is 10.2. The highest BCUT2D eigenvalue weighted by Gasteiger charge is 2.23. The first kappa shape index (κ1) is 15.2. The Morgan fingerprint density at radius 1 is 1.58 bits per heavy atom. The Balaban J connectivity index is 3.21. The highest BCUT2D eigenvalue weighted by Crippen LogP contribution is 2.19. The van der Waals surface area contributed by atoms with Crippen molar-refractivity contribution in [2.75, 3.05) is 5.73 Å². The second kappa shape index (κ2) is 5.85. The third-order valence-electron chi connectivity index (χ3n) is 2.40. The lowest BCUT2D eigenvalue weighted by Gasteiger charge is -2.14. The number of hydrogen-bond donors (Lipinski definition) is 3. The molecule has 0 fully saturated rings. The quantitative estimate of drug-likeness (QED) is 0.537. The molecule has 7 heteroatoms. The third-order valence-corrected chi connectivity index (χ3v) is 4.05. The van der Waals surface area contributed by atoms with Crippen molar-refractivity contribution in [2.45, 2.75) is 24.3 Å². The lowest BCUT2D eigenvalue weighted by molar-refractivity contribution is 0.0692. The highest BCUT2D eigenvalue weighted by molar-refractivity contribution is 7.89. The summed E-state index contributed by atoms with van der Waals surface area (Å²) in [5, 5.41) is 9.03. The fourth-order valence-electron chi connectivity index (χ4n) is 1.58. The van der Waals surface area contributed by atoms with Crippen molar-refractivity contribution >= 4 is 21.7 Å². The molecule has 1 rings (SSSR count). The van der Waals surface area contributed by atoms with Gasteiger partial charge in [0.25, 0.3) is 0 Å². The Hall–Kier alpha value is -1.86. The summed E-state index contributed by atoms with van der Waals surface area (Å²) in [4.78, 5) is 10.8. The molecule has 0 bridgehead atoms. The fourth-order valence-corrected chi connectivity index (χ4v) is 3.01. The smallest absolute Gasteiger partial charge is 0.337 e. The van der Waals surface area contributed by atoms with E-state index in [1.807, 2.05) is 0 Å². The van der Waals surface area contributed by atoms with Crippen LogP contribution in [0.5, 0.6) is 0 Å². The van der Waals surface area contributed by atoms with Crippen LogP contribution in [0.15, 0.2) is 35.7 Å². The molecule has 0 aliphatic heterocycles. The molecular formula is C12H16N2O4S. The van der Waals surface area contributed by atoms with Gasteiger partial charge in [0.05, 0.1) is 10.5 Å². The first-order valence-electron chi connectivity index (χ1n) is 5.54. The lowest BCUT2D eigenvalue weighted by Crippen LogP contribution is -2.33. The van der Waals surface area contributed by atoms with Crippen molar-refractivity contribution < 1.29 is 18.3 Å². The number of sulfonamides is 1. The van der Waals surface area contributed by atoms with Crippen LogP contribution >= 0.6 is 0 Å². The molecule has 1 aromatic rings. The fraction of sp³-hybridized carbons (Fsp3) is 0.250. The van der Waals surface area contributed by atoms with Crippen LogP contribution in [0.4, 0.5) is 5.69 Å². The van der Waals surface area contributed by atoms with Crippen molar-refractivity contribution in [2.24, 2.45) is 0 Å². The van der Waals surface area contributed by atoms with Crippen molar-refractivity contribution in [1.29, 1.82) is 0 Å². The van der Waals surface area contributed by atoms with Crippen molar-refractivity contribution in [3.05, 3.63) is 36.4 Å². The second-order valence-electron chi connectivity index (χ2n) is 4.11. The predicted molar refractivity (Wildman–Crippen MR) is 72.4 cm³/mol. The Morgan fingerprint density at radius 2 is 2.21 bits per heavy atom. The maximum atomic E-state index is 12.1. The Kier molecular flexibility index (Phi) is 4.68. The molecule has 1 unspecified atom stereocenters. The Labute approximate surface area is 112 Å². The zero-order chi connectivity index (χ0) is 14.6. The Bertz CT molecular complexity index is 596. The van der Waals surface area contributed by atoms with Gasteiger partial charge >= 0.3 is 5.97 Å². The molecule has 0 heterocycles. The van der Waals surface area contributed by atoms with Crippen LogP contribution in [-0.2, 0) is 10.0 Å². The molecule has 0 aromatic heterocycles. The van der Waals surface area contributed by atoms with Gasteiger partial charge in [0, 0.05) is 11.7 Å². The van der Waals surface area contributed by atoms with Crippen LogP contribution < -0.4 is 10.5 Å². The summed E-state index contributed by atoms with van der Waals surface area (Å²) in [5.41, 5.74) is 5.31. The van der Waals surface area contributed by atoms with E-state index in [-0.39, 0.29) is 22.2 Å². The number of nitrogens with two attached hydrogens (primary N) is 1. The zero-order valence-electron chi connectivity index (χ0n) is 10.5. The molecule has 6 nitrogen and oxygen atoms in total. The van der Waals surface area contributed by atoms with E-state index in [1.54, 1.807) is 13.0 Å². The molecule has 0 aliphatic carbocycles. The van der Waals surface area contributed by atoms with Crippen LogP contribution in [0.2, 0.25) is 0 Å². The number of benzene rings is 1. The van der Waals surface area contributed by atoms with Gasteiger partial charge in [-0.1, -0.05) is 6.08 Å². The van der Waals surface area contributed by atoms with E-state index >= 15 is 0 Å². The molecule has 1 atom stereocenters. The summed E-state index contributed by atoms with van der Waals surface area (Å²) in [7, 11) is -3.91. The molecule has 0 saturated heterocycles. The van der Waals surface area contributed by atoms with Gasteiger partial charge < -0.3 is 10.8 Å². The van der Waals surface area contributed by atoms with Crippen LogP contribution in [0.1, 0.15) is 23.7 Å². The normalized spacial score (nSPS) is 12.9. The number of aromatic carboxylic acids is 1. The van der Waals surface area contributed by atoms with E-state index in [9.17, 15) is 13.2 Å². The van der Waals surface area contributed by atoms with Crippen molar-refractivity contribution in [1.82, 2.24) is 4.72 Å². The van der Waals surface area contributed by atoms with Gasteiger partial charge in [-0.2, -0.15) is 0 Å². The molecule has 0 aliphatic rings. The summed E-state index contributed by atoms with van der Waals surface area (Å²) >= 11 is 0. The van der Waals surface area contributed by atoms with E-state index in [0.29, 0.717) is 6.42 Å². The summed E-state index contributed by atoms with van der Waals surface area (Å²) in [6, 6.07) is 3.28. The average Bonchev–Trinajstić information content (AvgIpc) is 2.27. The van der Waals surface area contributed by atoms with Crippen LogP contribution in [0.3, 0.4) is 0 Å². The highest BCUT2D eigenvalue weighted by atomic mass is 32.2. The third kappa shape index (κ3) is 3.80. The minimum atomic E-state index is -3.91. The van der Waals surface area contributed by atoms with Gasteiger partial charge in [-0.25, -0.2) is 17.9 Å². The second-order valence-corrected chi connectivity index (χ2v) is 5.79. The average molecular weight is 284 g/mol. The number of hydrogen-bond acceptors (Lipinski definition) is 4. The molecule has 0 radical (unpaired) electrons. The van der Waals surface area contributed by atoms with E-state index < -0.39 is 16.0 Å². The predicted octanol–water partition coefficient (Wildman–Crippen LogP) is 1.21. The Morgan fingerprint density at radius 3 is 2.74 bits per heavy atom. The number of carbonyl (C=O) groups is 1. The van der Waals surface area contributed by atoms with E-state index in [1.165, 1.54) is 12.1 Å². The molecular weight excluding hydrogens is 268 g/mol. The van der Waals surface area contributed by atoms with Crippen molar-refractivity contribution in [3.8, 4) is 0 Å². The van der Waals surface area contributed by atoms with Gasteiger partial charge in [-0.3, -0.25) is 0 Å². The van der Waals surface area contributed by atoms with E-state index in [0.717, 1.165) is 6.07 Å². The summed E-state index contributed by atoms with van der Waals surface area (Å²) in [5.74, 6) is -1.34. The van der Waals surface area contributed by atoms with Crippen LogP contribution in [0.25, 0.3) is 0 Å². The summed E-state index contributed by atoms with van der Waals surface area (Å²) in [6.07, 6.45) is 2.02. The summed E-state index contributed by atoms with van der Waals surface area (Å²) in [6.45, 7) is 5.18. The van der Waals surface area contributed by atoms with Gasteiger partial charge in [0.1, 0.15) is 0 Å². The number of carboxylic acid groups (broad SMARTS) is 1. The topological polar surface area (TPSA) is 109 Å². The molecule has 1 aromatic carbocycles. The first-order chi connectivity index (χ1) is 8.77. The van der Waals surface area contributed by atoms with Crippen molar-refractivity contribution in [3.63, 3.8) is 0 Å². The van der Waals surface area contributed by atoms with Crippen LogP contribution in [0, 0.1) is 0 Å². The van der Waals surface area contributed by atoms with Gasteiger partial charge in [-0.15, -0.1) is 6.58 Å². The molecule has 4 N–H and O–H groups in total. The minimum Gasteiger partial charge on any atom is -0.478 e. The van der Waals surface area contributed by atoms with Gasteiger partial charge in [0.2, 0.25) is 10.0 Å².